The van der Waals surface area contributed by atoms with Crippen molar-refractivity contribution in [3.63, 3.8) is 0 Å². The molecule has 0 aromatic heterocycles. The van der Waals surface area contributed by atoms with Crippen LogP contribution in [0, 0.1) is 5.92 Å². The molecule has 0 saturated carbocycles. The first-order valence-corrected chi connectivity index (χ1v) is 8.59. The minimum absolute atomic E-state index is 0.126. The molecule has 0 fully saturated rings. The van der Waals surface area contributed by atoms with Crippen molar-refractivity contribution >= 4 is 5.97 Å². The van der Waals surface area contributed by atoms with Crippen molar-refractivity contribution in [2.75, 3.05) is 13.2 Å². The lowest BCUT2D eigenvalue weighted by molar-refractivity contribution is -0.147. The molecule has 0 aromatic carbocycles. The summed E-state index contributed by atoms with van der Waals surface area (Å²) in [4.78, 5) is 11.4. The highest BCUT2D eigenvalue weighted by molar-refractivity contribution is 5.69. The Morgan fingerprint density at radius 3 is 2.64 bits per heavy atom. The highest BCUT2D eigenvalue weighted by Crippen LogP contribution is 2.18. The zero-order valence-corrected chi connectivity index (χ0v) is 14.5. The first kappa shape index (κ1) is 21.1. The predicted octanol–water partition coefficient (Wildman–Crippen LogP) is 3.61. The number of unbranched alkanes of at least 4 members (excludes halogenated alkanes) is 3. The molecule has 4 heteroatoms. The molecule has 0 heterocycles. The number of hydrogen-bond donors (Lipinski definition) is 2. The first-order valence-electron chi connectivity index (χ1n) is 8.59. The molecule has 2 atom stereocenters. The van der Waals surface area contributed by atoms with Crippen molar-refractivity contribution in [3.05, 3.63) is 11.6 Å². The van der Waals surface area contributed by atoms with Gasteiger partial charge in [-0.1, -0.05) is 51.2 Å². The quantitative estimate of drug-likeness (QED) is 0.310. The molecule has 2 unspecified atom stereocenters. The second-order valence-corrected chi connectivity index (χ2v) is 6.27. The smallest absolute Gasteiger partial charge is 0.305 e. The lowest BCUT2D eigenvalue weighted by atomic mass is 9.95. The summed E-state index contributed by atoms with van der Waals surface area (Å²) >= 11 is 0. The maximum absolute atomic E-state index is 11.4. The van der Waals surface area contributed by atoms with Crippen molar-refractivity contribution in [1.29, 1.82) is 0 Å². The van der Waals surface area contributed by atoms with Gasteiger partial charge in [0.1, 0.15) is 12.7 Å². The Balaban J connectivity index is 3.71. The molecule has 22 heavy (non-hydrogen) atoms. The second kappa shape index (κ2) is 13.8. The second-order valence-electron chi connectivity index (χ2n) is 6.27. The first-order chi connectivity index (χ1) is 10.5. The van der Waals surface area contributed by atoms with Crippen LogP contribution in [0.5, 0.6) is 0 Å². The fourth-order valence-electron chi connectivity index (χ4n) is 2.39. The molecule has 0 rings (SSSR count). The molecule has 0 saturated heterocycles. The standard InChI is InChI=1S/C18H34O4/c1-4-5-6-9-15(2)12-16(3)10-7-8-11-18(21)22-14-17(20)13-19/h10,15,17,19-20H,4-9,11-14H2,1-3H3/b16-10+. The number of hydrogen-bond acceptors (Lipinski definition) is 4. The molecule has 0 amide bonds. The van der Waals surface area contributed by atoms with Gasteiger partial charge in [-0.25, -0.2) is 0 Å². The third kappa shape index (κ3) is 12.8. The summed E-state index contributed by atoms with van der Waals surface area (Å²) in [7, 11) is 0. The molecule has 0 bridgehead atoms. The molecule has 0 radical (unpaired) electrons. The van der Waals surface area contributed by atoms with Gasteiger partial charge in [-0.3, -0.25) is 4.79 Å². The van der Waals surface area contributed by atoms with Crippen LogP contribution in [0.3, 0.4) is 0 Å². The fraction of sp³-hybridized carbons (Fsp3) is 0.833. The Kier molecular flexibility index (Phi) is 13.2. The number of aliphatic hydroxyl groups excluding tert-OH is 2. The van der Waals surface area contributed by atoms with Crippen LogP contribution in [0.4, 0.5) is 0 Å². The van der Waals surface area contributed by atoms with E-state index in [9.17, 15) is 4.79 Å². The van der Waals surface area contributed by atoms with E-state index in [0.29, 0.717) is 6.42 Å². The van der Waals surface area contributed by atoms with E-state index in [1.54, 1.807) is 0 Å². The van der Waals surface area contributed by atoms with E-state index >= 15 is 0 Å². The van der Waals surface area contributed by atoms with Crippen molar-refractivity contribution in [3.8, 4) is 0 Å². The van der Waals surface area contributed by atoms with Crippen LogP contribution < -0.4 is 0 Å². The fourth-order valence-corrected chi connectivity index (χ4v) is 2.39. The maximum atomic E-state index is 11.4. The van der Waals surface area contributed by atoms with Crippen molar-refractivity contribution < 1.29 is 19.7 Å². The van der Waals surface area contributed by atoms with Crippen LogP contribution >= 0.6 is 0 Å². The molecule has 4 nitrogen and oxygen atoms in total. The molecule has 0 aromatic rings. The van der Waals surface area contributed by atoms with Crippen LogP contribution in [0.1, 0.15) is 72.1 Å². The summed E-state index contributed by atoms with van der Waals surface area (Å²) in [5.74, 6) is 0.416. The monoisotopic (exact) mass is 314 g/mol. The molecule has 0 spiro atoms. The van der Waals surface area contributed by atoms with E-state index in [1.807, 2.05) is 0 Å². The van der Waals surface area contributed by atoms with Gasteiger partial charge >= 0.3 is 5.97 Å². The van der Waals surface area contributed by atoms with E-state index < -0.39 is 6.10 Å². The Bertz CT molecular complexity index is 312. The van der Waals surface area contributed by atoms with Gasteiger partial charge in [-0.15, -0.1) is 0 Å². The molecule has 0 aliphatic carbocycles. The third-order valence-corrected chi connectivity index (χ3v) is 3.70. The third-order valence-electron chi connectivity index (χ3n) is 3.70. The minimum Gasteiger partial charge on any atom is -0.463 e. The number of carbonyl (C=O) groups is 1. The summed E-state index contributed by atoms with van der Waals surface area (Å²) in [6, 6.07) is 0. The van der Waals surface area contributed by atoms with E-state index in [2.05, 4.69) is 26.8 Å². The number of esters is 1. The number of carbonyl (C=O) groups excluding carboxylic acids is 1. The highest BCUT2D eigenvalue weighted by Gasteiger charge is 2.07. The maximum Gasteiger partial charge on any atom is 0.305 e. The van der Waals surface area contributed by atoms with Crippen molar-refractivity contribution in [1.82, 2.24) is 0 Å². The van der Waals surface area contributed by atoms with Gasteiger partial charge in [0.05, 0.1) is 6.61 Å². The Labute approximate surface area is 135 Å². The Morgan fingerprint density at radius 1 is 1.27 bits per heavy atom. The molecule has 0 aliphatic rings. The lowest BCUT2D eigenvalue weighted by Crippen LogP contribution is -2.21. The summed E-state index contributed by atoms with van der Waals surface area (Å²) in [6.07, 6.45) is 9.57. The lowest BCUT2D eigenvalue weighted by Gasteiger charge is -2.11. The van der Waals surface area contributed by atoms with Gasteiger partial charge in [0, 0.05) is 6.42 Å². The van der Waals surface area contributed by atoms with Crippen LogP contribution in [0.15, 0.2) is 11.6 Å². The summed E-state index contributed by atoms with van der Waals surface area (Å²) in [5, 5.41) is 17.7. The predicted molar refractivity (Wildman–Crippen MR) is 89.6 cm³/mol. The van der Waals surface area contributed by atoms with Gasteiger partial charge in [-0.05, 0) is 32.1 Å². The number of aliphatic hydroxyl groups is 2. The topological polar surface area (TPSA) is 66.8 Å². The molecule has 2 N–H and O–H groups in total. The van der Waals surface area contributed by atoms with Crippen LogP contribution in [-0.4, -0.2) is 35.5 Å². The molecular formula is C18H34O4. The van der Waals surface area contributed by atoms with Crippen molar-refractivity contribution in [2.24, 2.45) is 5.92 Å². The number of allylic oxidation sites excluding steroid dienone is 2. The Hall–Kier alpha value is -0.870. The van der Waals surface area contributed by atoms with Gasteiger partial charge in [-0.2, -0.15) is 0 Å². The summed E-state index contributed by atoms with van der Waals surface area (Å²) < 4.78 is 4.85. The summed E-state index contributed by atoms with van der Waals surface area (Å²) in [5.41, 5.74) is 1.40. The average molecular weight is 314 g/mol. The van der Waals surface area contributed by atoms with Gasteiger partial charge in [0.15, 0.2) is 0 Å². The van der Waals surface area contributed by atoms with E-state index in [-0.39, 0.29) is 19.2 Å². The van der Waals surface area contributed by atoms with Crippen LogP contribution in [-0.2, 0) is 9.53 Å². The summed E-state index contributed by atoms with van der Waals surface area (Å²) in [6.45, 7) is 6.18. The minimum atomic E-state index is -0.972. The highest BCUT2D eigenvalue weighted by atomic mass is 16.5. The molecular weight excluding hydrogens is 280 g/mol. The normalized spacial score (nSPS) is 14.7. The largest absolute Gasteiger partial charge is 0.463 e. The SMILES string of the molecule is CCCCCC(C)C/C(C)=C/CCCC(=O)OCC(O)CO. The zero-order chi connectivity index (χ0) is 16.8. The molecule has 130 valence electrons. The van der Waals surface area contributed by atoms with Gasteiger partial charge in [0.2, 0.25) is 0 Å². The van der Waals surface area contributed by atoms with Crippen LogP contribution in [0.2, 0.25) is 0 Å². The molecule has 0 aliphatic heterocycles. The van der Waals surface area contributed by atoms with Gasteiger partial charge < -0.3 is 14.9 Å². The van der Waals surface area contributed by atoms with Crippen molar-refractivity contribution in [2.45, 2.75) is 78.2 Å². The zero-order valence-electron chi connectivity index (χ0n) is 14.5. The van der Waals surface area contributed by atoms with E-state index in [0.717, 1.165) is 25.2 Å². The van der Waals surface area contributed by atoms with E-state index in [4.69, 9.17) is 14.9 Å². The van der Waals surface area contributed by atoms with Gasteiger partial charge in [0.25, 0.3) is 0 Å². The average Bonchev–Trinajstić information content (AvgIpc) is 2.49. The Morgan fingerprint density at radius 2 is 2.00 bits per heavy atom. The van der Waals surface area contributed by atoms with E-state index in [1.165, 1.54) is 31.3 Å². The van der Waals surface area contributed by atoms with Crippen LogP contribution in [0.25, 0.3) is 0 Å². The number of rotatable bonds is 13. The number of ether oxygens (including phenoxy) is 1.